The number of ether oxygens (including phenoxy) is 3. The predicted molar refractivity (Wildman–Crippen MR) is 129 cm³/mol. The number of hydrogen-bond acceptors (Lipinski definition) is 7. The smallest absolute Gasteiger partial charge is 0.242 e. The van der Waals surface area contributed by atoms with Gasteiger partial charge in [-0.25, -0.2) is 0 Å². The first kappa shape index (κ1) is 25.1. The monoisotopic (exact) mass is 485 g/mol. The second kappa shape index (κ2) is 12.6. The van der Waals surface area contributed by atoms with Crippen molar-refractivity contribution in [2.75, 3.05) is 52.7 Å². The summed E-state index contributed by atoms with van der Waals surface area (Å²) in [5.74, 6) is 1.97. The average Bonchev–Trinajstić information content (AvgIpc) is 3.57. The number of nitrogens with zero attached hydrogens (tertiary/aromatic N) is 3. The third-order valence-corrected chi connectivity index (χ3v) is 6.30. The van der Waals surface area contributed by atoms with E-state index in [-0.39, 0.29) is 25.2 Å². The fourth-order valence-electron chi connectivity index (χ4n) is 4.21. The van der Waals surface area contributed by atoms with E-state index in [9.17, 15) is 9.59 Å². The molecule has 35 heavy (non-hydrogen) atoms. The summed E-state index contributed by atoms with van der Waals surface area (Å²) >= 11 is 0. The highest BCUT2D eigenvalue weighted by Crippen LogP contribution is 2.33. The molecule has 0 spiro atoms. The molecule has 1 aromatic heterocycles. The van der Waals surface area contributed by atoms with Gasteiger partial charge in [0, 0.05) is 39.1 Å². The molecular weight excluding hydrogens is 450 g/mol. The van der Waals surface area contributed by atoms with E-state index in [2.05, 4.69) is 11.8 Å². The van der Waals surface area contributed by atoms with Gasteiger partial charge in [0.1, 0.15) is 5.76 Å². The molecule has 0 unspecified atom stereocenters. The number of fused-ring (bicyclic) bond motifs is 1. The molecule has 2 aliphatic heterocycles. The highest BCUT2D eigenvalue weighted by atomic mass is 16.7. The lowest BCUT2D eigenvalue weighted by atomic mass is 10.1. The summed E-state index contributed by atoms with van der Waals surface area (Å²) in [4.78, 5) is 32.3. The van der Waals surface area contributed by atoms with Crippen LogP contribution in [-0.4, -0.2) is 79.2 Å². The Morgan fingerprint density at radius 1 is 1.00 bits per heavy atom. The first-order chi connectivity index (χ1) is 17.1. The van der Waals surface area contributed by atoms with Gasteiger partial charge in [0.15, 0.2) is 11.5 Å². The number of amides is 2. The van der Waals surface area contributed by atoms with Crippen LogP contribution in [0, 0.1) is 0 Å². The van der Waals surface area contributed by atoms with E-state index >= 15 is 0 Å². The first-order valence-corrected chi connectivity index (χ1v) is 12.4. The Balaban J connectivity index is 1.45. The van der Waals surface area contributed by atoms with Crippen LogP contribution in [0.5, 0.6) is 11.5 Å². The minimum absolute atomic E-state index is 0.0227. The van der Waals surface area contributed by atoms with Crippen LogP contribution in [0.4, 0.5) is 0 Å². The summed E-state index contributed by atoms with van der Waals surface area (Å²) in [5, 5.41) is 0. The molecule has 0 bridgehead atoms. The lowest BCUT2D eigenvalue weighted by Gasteiger charge is -2.31. The topological polar surface area (TPSA) is 84.7 Å². The Morgan fingerprint density at radius 3 is 2.60 bits per heavy atom. The SMILES string of the molecule is CCCCC(=O)N(CCN1CCOCC1)CC(=O)N(Cc1ccc2c(c1)OCO2)Cc1ccco1. The average molecular weight is 486 g/mol. The van der Waals surface area contributed by atoms with Gasteiger partial charge in [-0.3, -0.25) is 14.5 Å². The molecule has 2 aliphatic rings. The first-order valence-electron chi connectivity index (χ1n) is 12.4. The number of hydrogen-bond donors (Lipinski definition) is 0. The van der Waals surface area contributed by atoms with E-state index in [0.29, 0.717) is 56.5 Å². The third-order valence-electron chi connectivity index (χ3n) is 6.30. The molecule has 3 heterocycles. The molecule has 0 aliphatic carbocycles. The van der Waals surface area contributed by atoms with Crippen LogP contribution in [0.25, 0.3) is 0 Å². The fourth-order valence-corrected chi connectivity index (χ4v) is 4.21. The van der Waals surface area contributed by atoms with E-state index in [1.807, 2.05) is 30.3 Å². The molecule has 1 aromatic carbocycles. The van der Waals surface area contributed by atoms with Crippen molar-refractivity contribution >= 4 is 11.8 Å². The molecule has 0 saturated carbocycles. The second-order valence-electron chi connectivity index (χ2n) is 8.89. The molecule has 0 N–H and O–H groups in total. The Bertz CT molecular complexity index is 958. The maximum atomic E-state index is 13.5. The molecule has 0 radical (unpaired) electrons. The quantitative estimate of drug-likeness (QED) is 0.457. The van der Waals surface area contributed by atoms with Crippen LogP contribution < -0.4 is 9.47 Å². The predicted octanol–water partition coefficient (Wildman–Crippen LogP) is 2.89. The maximum absolute atomic E-state index is 13.5. The van der Waals surface area contributed by atoms with Gasteiger partial charge in [-0.2, -0.15) is 0 Å². The Kier molecular flexibility index (Phi) is 9.02. The maximum Gasteiger partial charge on any atom is 0.242 e. The van der Waals surface area contributed by atoms with Crippen molar-refractivity contribution in [1.82, 2.24) is 14.7 Å². The number of carbonyl (C=O) groups excluding carboxylic acids is 2. The van der Waals surface area contributed by atoms with Crippen molar-refractivity contribution in [3.8, 4) is 11.5 Å². The van der Waals surface area contributed by atoms with Crippen LogP contribution in [0.15, 0.2) is 41.0 Å². The van der Waals surface area contributed by atoms with Crippen LogP contribution in [0.2, 0.25) is 0 Å². The van der Waals surface area contributed by atoms with E-state index in [1.54, 1.807) is 16.1 Å². The van der Waals surface area contributed by atoms with Crippen LogP contribution >= 0.6 is 0 Å². The van der Waals surface area contributed by atoms with E-state index in [0.717, 1.165) is 38.0 Å². The second-order valence-corrected chi connectivity index (χ2v) is 8.89. The van der Waals surface area contributed by atoms with Gasteiger partial charge < -0.3 is 28.4 Å². The van der Waals surface area contributed by atoms with Crippen molar-refractivity contribution in [3.05, 3.63) is 47.9 Å². The molecule has 9 heteroatoms. The zero-order valence-corrected chi connectivity index (χ0v) is 20.4. The number of carbonyl (C=O) groups is 2. The fraction of sp³-hybridized carbons (Fsp3) is 0.538. The van der Waals surface area contributed by atoms with Gasteiger partial charge in [-0.05, 0) is 36.2 Å². The number of unbranched alkanes of at least 4 members (excludes halogenated alkanes) is 1. The van der Waals surface area contributed by atoms with Crippen molar-refractivity contribution in [3.63, 3.8) is 0 Å². The minimum Gasteiger partial charge on any atom is -0.467 e. The van der Waals surface area contributed by atoms with Crippen molar-refractivity contribution in [1.29, 1.82) is 0 Å². The number of morpholine rings is 1. The summed E-state index contributed by atoms with van der Waals surface area (Å²) < 4.78 is 21.9. The highest BCUT2D eigenvalue weighted by Gasteiger charge is 2.24. The molecule has 2 aromatic rings. The van der Waals surface area contributed by atoms with Crippen LogP contribution in [0.1, 0.15) is 37.5 Å². The summed E-state index contributed by atoms with van der Waals surface area (Å²) in [6.45, 7) is 7.35. The summed E-state index contributed by atoms with van der Waals surface area (Å²) in [6, 6.07) is 9.34. The largest absolute Gasteiger partial charge is 0.467 e. The summed E-state index contributed by atoms with van der Waals surface area (Å²) in [5.41, 5.74) is 0.923. The number of rotatable bonds is 12. The summed E-state index contributed by atoms with van der Waals surface area (Å²) in [7, 11) is 0. The van der Waals surface area contributed by atoms with E-state index in [1.165, 1.54) is 0 Å². The molecule has 9 nitrogen and oxygen atoms in total. The molecular formula is C26H35N3O6. The van der Waals surface area contributed by atoms with Crippen LogP contribution in [0.3, 0.4) is 0 Å². The van der Waals surface area contributed by atoms with Crippen molar-refractivity contribution in [2.45, 2.75) is 39.3 Å². The number of benzene rings is 1. The zero-order chi connectivity index (χ0) is 24.5. The standard InChI is InChI=1S/C26H35N3O6/c1-2-3-6-25(30)28(10-9-27-11-14-32-15-12-27)19-26(31)29(18-22-5-4-13-33-22)17-21-7-8-23-24(16-21)35-20-34-23/h4-5,7-8,13,16H,2-3,6,9-12,14-15,17-20H2,1H3. The Morgan fingerprint density at radius 2 is 1.83 bits per heavy atom. The Hall–Kier alpha value is -3.04. The molecule has 4 rings (SSSR count). The highest BCUT2D eigenvalue weighted by molar-refractivity contribution is 5.84. The Labute approximate surface area is 206 Å². The van der Waals surface area contributed by atoms with Gasteiger partial charge in [0.05, 0.1) is 32.6 Å². The van der Waals surface area contributed by atoms with Gasteiger partial charge in [0.25, 0.3) is 0 Å². The van der Waals surface area contributed by atoms with Crippen LogP contribution in [-0.2, 0) is 27.4 Å². The molecule has 0 atom stereocenters. The lowest BCUT2D eigenvalue weighted by Crippen LogP contribution is -2.47. The van der Waals surface area contributed by atoms with Gasteiger partial charge >= 0.3 is 0 Å². The van der Waals surface area contributed by atoms with Crippen molar-refractivity contribution in [2.24, 2.45) is 0 Å². The van der Waals surface area contributed by atoms with Gasteiger partial charge in [-0.15, -0.1) is 0 Å². The number of furan rings is 1. The minimum atomic E-state index is -0.120. The normalized spacial score (nSPS) is 15.2. The van der Waals surface area contributed by atoms with E-state index in [4.69, 9.17) is 18.6 Å². The molecule has 1 saturated heterocycles. The summed E-state index contributed by atoms with van der Waals surface area (Å²) in [6.07, 6.45) is 3.80. The van der Waals surface area contributed by atoms with E-state index < -0.39 is 0 Å². The zero-order valence-electron chi connectivity index (χ0n) is 20.4. The lowest BCUT2D eigenvalue weighted by molar-refractivity contribution is -0.141. The molecule has 2 amide bonds. The van der Waals surface area contributed by atoms with Gasteiger partial charge in [-0.1, -0.05) is 19.4 Å². The molecule has 1 fully saturated rings. The third kappa shape index (κ3) is 7.22. The van der Waals surface area contributed by atoms with Gasteiger partial charge in [0.2, 0.25) is 18.6 Å². The molecule has 190 valence electrons. The van der Waals surface area contributed by atoms with Crippen molar-refractivity contribution < 1.29 is 28.2 Å².